The molecular weight excluding hydrogens is 536 g/mol. The minimum atomic E-state index is 0.00959. The van der Waals surface area contributed by atoms with Crippen molar-refractivity contribution in [3.05, 3.63) is 42.9 Å². The zero-order valence-corrected chi connectivity index (χ0v) is 24.6. The van der Waals surface area contributed by atoms with E-state index in [1.165, 1.54) is 0 Å². The smallest absolute Gasteiger partial charge is 0.228 e. The molecule has 0 bridgehead atoms. The van der Waals surface area contributed by atoms with Gasteiger partial charge in [-0.25, -0.2) is 9.97 Å². The van der Waals surface area contributed by atoms with Gasteiger partial charge in [0.1, 0.15) is 18.0 Å². The minimum Gasteiger partial charge on any atom is -0.493 e. The van der Waals surface area contributed by atoms with Crippen molar-refractivity contribution in [3.8, 4) is 22.9 Å². The monoisotopic (exact) mass is 574 g/mol. The lowest BCUT2D eigenvalue weighted by Gasteiger charge is -2.34. The van der Waals surface area contributed by atoms with Crippen LogP contribution >= 0.6 is 0 Å². The molecule has 0 radical (unpaired) electrons. The Morgan fingerprint density at radius 2 is 1.69 bits per heavy atom. The quantitative estimate of drug-likeness (QED) is 0.307. The van der Waals surface area contributed by atoms with Crippen molar-refractivity contribution in [2.45, 2.75) is 18.9 Å². The molecule has 2 aliphatic heterocycles. The summed E-state index contributed by atoms with van der Waals surface area (Å²) >= 11 is 0. The van der Waals surface area contributed by atoms with Crippen LogP contribution in [0.5, 0.6) is 17.2 Å². The molecule has 42 heavy (non-hydrogen) atoms. The SMILES string of the molecule is COc1cc(-n2cnc(Nc3nc(N4CCCC4CO)nc4cc(N5CCN(C)CC5)ccc34)c2)cc(OC)c1OC. The minimum absolute atomic E-state index is 0.00959. The zero-order chi connectivity index (χ0) is 29.2. The fourth-order valence-corrected chi connectivity index (χ4v) is 5.75. The van der Waals surface area contributed by atoms with E-state index in [9.17, 15) is 5.11 Å². The molecule has 2 N–H and O–H groups in total. The molecule has 0 saturated carbocycles. The van der Waals surface area contributed by atoms with E-state index in [2.05, 4.69) is 50.2 Å². The van der Waals surface area contributed by atoms with Crippen LogP contribution < -0.4 is 29.3 Å². The fraction of sp³-hybridized carbons (Fsp3) is 0.433. The number of rotatable bonds is 9. The molecule has 2 saturated heterocycles. The van der Waals surface area contributed by atoms with E-state index < -0.39 is 0 Å². The number of aliphatic hydroxyl groups is 1. The number of fused-ring (bicyclic) bond motifs is 1. The maximum absolute atomic E-state index is 10.0. The van der Waals surface area contributed by atoms with E-state index in [1.54, 1.807) is 27.7 Å². The third-order valence-electron chi connectivity index (χ3n) is 8.16. The zero-order valence-electron chi connectivity index (χ0n) is 24.6. The van der Waals surface area contributed by atoms with E-state index in [0.29, 0.717) is 34.8 Å². The Morgan fingerprint density at radius 3 is 2.38 bits per heavy atom. The number of anilines is 4. The maximum Gasteiger partial charge on any atom is 0.228 e. The number of hydrogen-bond donors (Lipinski definition) is 2. The van der Waals surface area contributed by atoms with Crippen LogP contribution in [-0.2, 0) is 0 Å². The van der Waals surface area contributed by atoms with Gasteiger partial charge in [0.2, 0.25) is 11.7 Å². The highest BCUT2D eigenvalue weighted by Crippen LogP contribution is 2.39. The van der Waals surface area contributed by atoms with Crippen LogP contribution in [0.1, 0.15) is 12.8 Å². The van der Waals surface area contributed by atoms with Gasteiger partial charge in [0.05, 0.1) is 51.4 Å². The van der Waals surface area contributed by atoms with E-state index in [1.807, 2.05) is 22.9 Å². The molecule has 2 fully saturated rings. The van der Waals surface area contributed by atoms with Crippen LogP contribution in [0.3, 0.4) is 0 Å². The molecule has 1 atom stereocenters. The van der Waals surface area contributed by atoms with E-state index >= 15 is 0 Å². The van der Waals surface area contributed by atoms with Gasteiger partial charge in [0.15, 0.2) is 11.5 Å². The number of imidazole rings is 1. The number of ether oxygens (including phenoxy) is 3. The summed E-state index contributed by atoms with van der Waals surface area (Å²) in [7, 11) is 6.93. The Hall–Kier alpha value is -4.29. The molecule has 1 unspecified atom stereocenters. The van der Waals surface area contributed by atoms with Gasteiger partial charge in [0, 0.05) is 55.9 Å². The standard InChI is InChI=1S/C30H38N8O4/c1-35-10-12-36(13-11-35)20-7-8-23-24(14-20)32-30(38-9-5-6-21(38)18-39)34-29(23)33-27-17-37(19-31-27)22-15-25(40-2)28(42-4)26(16-22)41-3/h7-8,14-17,19,21,39H,5-6,9-13,18H2,1-4H3,(H,32,33,34). The van der Waals surface area contributed by atoms with Gasteiger partial charge >= 0.3 is 0 Å². The lowest BCUT2D eigenvalue weighted by molar-refractivity contribution is 0.265. The van der Waals surface area contributed by atoms with Gasteiger partial charge in [0.25, 0.3) is 0 Å². The lowest BCUT2D eigenvalue weighted by atomic mass is 10.1. The Bertz CT molecular complexity index is 1530. The average Bonchev–Trinajstić information content (AvgIpc) is 3.70. The Balaban J connectivity index is 1.36. The van der Waals surface area contributed by atoms with E-state index in [-0.39, 0.29) is 12.6 Å². The van der Waals surface area contributed by atoms with Crippen molar-refractivity contribution in [3.63, 3.8) is 0 Å². The third kappa shape index (κ3) is 5.35. The summed E-state index contributed by atoms with van der Waals surface area (Å²) in [6.07, 6.45) is 5.53. The molecular formula is C30H38N8O4. The molecule has 0 amide bonds. The summed E-state index contributed by atoms with van der Waals surface area (Å²) in [5.74, 6) is 3.54. The molecule has 12 heteroatoms. The number of hydrogen-bond acceptors (Lipinski definition) is 11. The first kappa shape index (κ1) is 27.9. The van der Waals surface area contributed by atoms with Crippen LogP contribution in [0.2, 0.25) is 0 Å². The van der Waals surface area contributed by atoms with Gasteiger partial charge in [-0.1, -0.05) is 0 Å². The summed E-state index contributed by atoms with van der Waals surface area (Å²) < 4.78 is 18.4. The number of methoxy groups -OCH3 is 3. The van der Waals surface area contributed by atoms with E-state index in [0.717, 1.165) is 67.8 Å². The van der Waals surface area contributed by atoms with Gasteiger partial charge < -0.3 is 43.9 Å². The predicted octanol–water partition coefficient (Wildman–Crippen LogP) is 3.30. The van der Waals surface area contributed by atoms with Gasteiger partial charge in [-0.3, -0.25) is 0 Å². The van der Waals surface area contributed by atoms with Crippen LogP contribution in [0.25, 0.3) is 16.6 Å². The Labute approximate surface area is 245 Å². The van der Waals surface area contributed by atoms with Gasteiger partial charge in [-0.15, -0.1) is 0 Å². The van der Waals surface area contributed by atoms with Crippen molar-refractivity contribution in [2.24, 2.45) is 0 Å². The normalized spacial score (nSPS) is 17.6. The lowest BCUT2D eigenvalue weighted by Crippen LogP contribution is -2.44. The topological polar surface area (TPSA) is 113 Å². The van der Waals surface area contributed by atoms with Crippen molar-refractivity contribution in [2.75, 3.05) is 82.8 Å². The number of likely N-dealkylation sites (N-methyl/N-ethyl adjacent to an activating group) is 1. The third-order valence-corrected chi connectivity index (χ3v) is 8.16. The first-order valence-corrected chi connectivity index (χ1v) is 14.3. The molecule has 0 aliphatic carbocycles. The largest absolute Gasteiger partial charge is 0.493 e. The van der Waals surface area contributed by atoms with Gasteiger partial charge in [-0.2, -0.15) is 4.98 Å². The molecule has 4 aromatic rings. The van der Waals surface area contributed by atoms with Crippen LogP contribution in [0, 0.1) is 0 Å². The summed E-state index contributed by atoms with van der Waals surface area (Å²) in [5, 5.41) is 14.3. The first-order chi connectivity index (χ1) is 20.5. The Kier molecular flexibility index (Phi) is 7.90. The average molecular weight is 575 g/mol. The number of benzene rings is 2. The second-order valence-electron chi connectivity index (χ2n) is 10.7. The number of aliphatic hydroxyl groups excluding tert-OH is 1. The van der Waals surface area contributed by atoms with Crippen LogP contribution in [0.4, 0.5) is 23.3 Å². The summed E-state index contributed by atoms with van der Waals surface area (Å²) in [6.45, 7) is 4.89. The summed E-state index contributed by atoms with van der Waals surface area (Å²) in [6, 6.07) is 10.1. The number of nitrogens with zero attached hydrogens (tertiary/aromatic N) is 7. The number of aromatic nitrogens is 4. The highest BCUT2D eigenvalue weighted by Gasteiger charge is 2.27. The molecule has 2 aromatic heterocycles. The van der Waals surface area contributed by atoms with Crippen LogP contribution in [0.15, 0.2) is 42.9 Å². The maximum atomic E-state index is 10.0. The number of piperazine rings is 1. The molecule has 2 aromatic carbocycles. The molecule has 6 rings (SSSR count). The molecule has 4 heterocycles. The molecule has 2 aliphatic rings. The van der Waals surface area contributed by atoms with Crippen molar-refractivity contribution < 1.29 is 19.3 Å². The highest BCUT2D eigenvalue weighted by molar-refractivity contribution is 5.93. The fourth-order valence-electron chi connectivity index (χ4n) is 5.75. The van der Waals surface area contributed by atoms with Crippen molar-refractivity contribution in [1.29, 1.82) is 0 Å². The van der Waals surface area contributed by atoms with Gasteiger partial charge in [-0.05, 0) is 38.1 Å². The highest BCUT2D eigenvalue weighted by atomic mass is 16.5. The second-order valence-corrected chi connectivity index (χ2v) is 10.7. The van der Waals surface area contributed by atoms with Crippen molar-refractivity contribution >= 4 is 34.2 Å². The second kappa shape index (κ2) is 11.9. The molecule has 222 valence electrons. The predicted molar refractivity (Wildman–Crippen MR) is 163 cm³/mol. The van der Waals surface area contributed by atoms with Crippen molar-refractivity contribution in [1.82, 2.24) is 24.4 Å². The van der Waals surface area contributed by atoms with E-state index in [4.69, 9.17) is 24.2 Å². The number of nitrogens with one attached hydrogen (secondary N) is 1. The van der Waals surface area contributed by atoms with Crippen LogP contribution in [-0.4, -0.2) is 103 Å². The Morgan fingerprint density at radius 1 is 0.929 bits per heavy atom. The summed E-state index contributed by atoms with van der Waals surface area (Å²) in [4.78, 5) is 21.4. The molecule has 0 spiro atoms. The summed E-state index contributed by atoms with van der Waals surface area (Å²) in [5.41, 5.74) is 2.81. The first-order valence-electron chi connectivity index (χ1n) is 14.3. The molecule has 12 nitrogen and oxygen atoms in total.